The van der Waals surface area contributed by atoms with E-state index in [1.54, 1.807) is 18.4 Å². The minimum absolute atomic E-state index is 0.0686. The van der Waals surface area contributed by atoms with Gasteiger partial charge in [0.15, 0.2) is 0 Å². The number of aliphatic carboxylic acids is 1. The van der Waals surface area contributed by atoms with Gasteiger partial charge in [0.05, 0.1) is 6.42 Å². The number of carboxylic acid groups (broad SMARTS) is 1. The van der Waals surface area contributed by atoms with Crippen LogP contribution in [0.2, 0.25) is 0 Å². The molecule has 6 nitrogen and oxygen atoms in total. The van der Waals surface area contributed by atoms with E-state index >= 15 is 0 Å². The number of hydrogen-bond donors (Lipinski definition) is 2. The van der Waals surface area contributed by atoms with Crippen LogP contribution in [-0.4, -0.2) is 47.4 Å². The van der Waals surface area contributed by atoms with E-state index in [1.165, 1.54) is 16.2 Å². The maximum atomic E-state index is 11.8. The summed E-state index contributed by atoms with van der Waals surface area (Å²) in [6.07, 6.45) is 0.101. The number of nitrogens with zero attached hydrogens (tertiary/aromatic N) is 1. The SMILES string of the molecule is CCN(CCC(=O)O)C(=O)CCNC(=O)c1ccsc1. The van der Waals surface area contributed by atoms with E-state index in [9.17, 15) is 14.4 Å². The first-order valence-corrected chi connectivity index (χ1v) is 7.28. The van der Waals surface area contributed by atoms with Crippen molar-refractivity contribution >= 4 is 29.1 Å². The number of carboxylic acids is 1. The molecular formula is C13H18N2O4S. The zero-order valence-corrected chi connectivity index (χ0v) is 12.1. The molecule has 0 aromatic carbocycles. The third-order valence-electron chi connectivity index (χ3n) is 2.74. The van der Waals surface area contributed by atoms with Crippen LogP contribution in [-0.2, 0) is 9.59 Å². The molecule has 0 saturated heterocycles. The van der Waals surface area contributed by atoms with Crippen molar-refractivity contribution in [2.75, 3.05) is 19.6 Å². The highest BCUT2D eigenvalue weighted by atomic mass is 32.1. The molecule has 0 aliphatic rings. The van der Waals surface area contributed by atoms with E-state index in [-0.39, 0.29) is 37.7 Å². The van der Waals surface area contributed by atoms with Crippen molar-refractivity contribution < 1.29 is 19.5 Å². The molecule has 1 heterocycles. The highest BCUT2D eigenvalue weighted by Crippen LogP contribution is 2.05. The molecule has 0 spiro atoms. The summed E-state index contributed by atoms with van der Waals surface area (Å²) in [6, 6.07) is 1.72. The highest BCUT2D eigenvalue weighted by Gasteiger charge is 2.13. The number of carbonyl (C=O) groups is 3. The second kappa shape index (κ2) is 8.31. The third kappa shape index (κ3) is 5.40. The Morgan fingerprint density at radius 1 is 1.35 bits per heavy atom. The molecule has 2 amide bonds. The largest absolute Gasteiger partial charge is 0.481 e. The second-order valence-corrected chi connectivity index (χ2v) is 4.92. The van der Waals surface area contributed by atoms with Gasteiger partial charge >= 0.3 is 5.97 Å². The van der Waals surface area contributed by atoms with Crippen LogP contribution >= 0.6 is 11.3 Å². The van der Waals surface area contributed by atoms with Gasteiger partial charge in [-0.15, -0.1) is 0 Å². The van der Waals surface area contributed by atoms with Crippen molar-refractivity contribution in [3.63, 3.8) is 0 Å². The van der Waals surface area contributed by atoms with Gasteiger partial charge in [-0.2, -0.15) is 11.3 Å². The molecule has 0 saturated carbocycles. The molecule has 0 aliphatic carbocycles. The minimum Gasteiger partial charge on any atom is -0.481 e. The topological polar surface area (TPSA) is 86.7 Å². The molecule has 110 valence electrons. The molecule has 0 unspecified atom stereocenters. The van der Waals surface area contributed by atoms with Gasteiger partial charge in [0.25, 0.3) is 5.91 Å². The Morgan fingerprint density at radius 3 is 2.65 bits per heavy atom. The normalized spacial score (nSPS) is 10.1. The number of amides is 2. The number of thiophene rings is 1. The van der Waals surface area contributed by atoms with Crippen LogP contribution in [0.15, 0.2) is 16.8 Å². The summed E-state index contributed by atoms with van der Waals surface area (Å²) >= 11 is 1.43. The second-order valence-electron chi connectivity index (χ2n) is 4.14. The average molecular weight is 298 g/mol. The summed E-state index contributed by atoms with van der Waals surface area (Å²) in [7, 11) is 0. The molecule has 20 heavy (non-hydrogen) atoms. The fraction of sp³-hybridized carbons (Fsp3) is 0.462. The van der Waals surface area contributed by atoms with Gasteiger partial charge in [-0.1, -0.05) is 0 Å². The number of hydrogen-bond acceptors (Lipinski definition) is 4. The quantitative estimate of drug-likeness (QED) is 0.755. The molecule has 0 aliphatic heterocycles. The molecule has 0 atom stereocenters. The molecule has 0 radical (unpaired) electrons. The summed E-state index contributed by atoms with van der Waals surface area (Å²) < 4.78 is 0. The van der Waals surface area contributed by atoms with Gasteiger partial charge in [-0.3, -0.25) is 14.4 Å². The average Bonchev–Trinajstić information content (AvgIpc) is 2.93. The molecule has 1 aromatic rings. The molecule has 1 aromatic heterocycles. The van der Waals surface area contributed by atoms with Crippen molar-refractivity contribution in [1.82, 2.24) is 10.2 Å². The van der Waals surface area contributed by atoms with Gasteiger partial charge in [0, 0.05) is 37.0 Å². The highest BCUT2D eigenvalue weighted by molar-refractivity contribution is 7.08. The number of carbonyl (C=O) groups excluding carboxylic acids is 2. The lowest BCUT2D eigenvalue weighted by Crippen LogP contribution is -2.35. The fourth-order valence-electron chi connectivity index (χ4n) is 1.63. The van der Waals surface area contributed by atoms with Crippen LogP contribution in [0.3, 0.4) is 0 Å². The lowest BCUT2D eigenvalue weighted by atomic mass is 10.3. The van der Waals surface area contributed by atoms with E-state index in [0.29, 0.717) is 12.1 Å². The Labute approximate surface area is 121 Å². The van der Waals surface area contributed by atoms with Crippen LogP contribution in [0, 0.1) is 0 Å². The number of nitrogens with one attached hydrogen (secondary N) is 1. The zero-order valence-electron chi connectivity index (χ0n) is 11.3. The van der Waals surface area contributed by atoms with Gasteiger partial charge < -0.3 is 15.3 Å². The standard InChI is InChI=1S/C13H18N2O4S/c1-2-15(7-4-12(17)18)11(16)3-6-14-13(19)10-5-8-20-9-10/h5,8-9H,2-4,6-7H2,1H3,(H,14,19)(H,17,18). The Hall–Kier alpha value is -1.89. The predicted molar refractivity (Wildman–Crippen MR) is 75.8 cm³/mol. The Bertz CT molecular complexity index is 459. The smallest absolute Gasteiger partial charge is 0.305 e. The Kier molecular flexibility index (Phi) is 6.72. The van der Waals surface area contributed by atoms with Crippen LogP contribution in [0.25, 0.3) is 0 Å². The number of rotatable bonds is 8. The molecular weight excluding hydrogens is 280 g/mol. The van der Waals surface area contributed by atoms with Crippen LogP contribution in [0.5, 0.6) is 0 Å². The molecule has 0 fully saturated rings. The predicted octanol–water partition coefficient (Wildman–Crippen LogP) is 1.19. The van der Waals surface area contributed by atoms with E-state index in [2.05, 4.69) is 5.32 Å². The maximum Gasteiger partial charge on any atom is 0.305 e. The summed E-state index contributed by atoms with van der Waals surface area (Å²) in [6.45, 7) is 2.70. The van der Waals surface area contributed by atoms with Crippen LogP contribution < -0.4 is 5.32 Å². The van der Waals surface area contributed by atoms with Crippen molar-refractivity contribution in [1.29, 1.82) is 0 Å². The molecule has 0 bridgehead atoms. The van der Waals surface area contributed by atoms with Gasteiger partial charge in [-0.25, -0.2) is 0 Å². The van der Waals surface area contributed by atoms with Crippen LogP contribution in [0.4, 0.5) is 0 Å². The fourth-order valence-corrected chi connectivity index (χ4v) is 2.26. The van der Waals surface area contributed by atoms with E-state index < -0.39 is 5.97 Å². The first-order valence-electron chi connectivity index (χ1n) is 6.34. The van der Waals surface area contributed by atoms with Crippen molar-refractivity contribution in [2.45, 2.75) is 19.8 Å². The maximum absolute atomic E-state index is 11.8. The minimum atomic E-state index is -0.929. The molecule has 2 N–H and O–H groups in total. The Balaban J connectivity index is 2.30. The monoisotopic (exact) mass is 298 g/mol. The first kappa shape index (κ1) is 16.2. The van der Waals surface area contributed by atoms with E-state index in [4.69, 9.17) is 5.11 Å². The third-order valence-corrected chi connectivity index (χ3v) is 3.42. The summed E-state index contributed by atoms with van der Waals surface area (Å²) in [5.41, 5.74) is 0.584. The van der Waals surface area contributed by atoms with E-state index in [1.807, 2.05) is 5.38 Å². The lowest BCUT2D eigenvalue weighted by Gasteiger charge is -2.19. The molecule has 1 rings (SSSR count). The molecule has 7 heteroatoms. The van der Waals surface area contributed by atoms with Gasteiger partial charge in [-0.05, 0) is 18.4 Å². The first-order chi connectivity index (χ1) is 9.54. The summed E-state index contributed by atoms with van der Waals surface area (Å²) in [5, 5.41) is 14.8. The van der Waals surface area contributed by atoms with Gasteiger partial charge in [0.1, 0.15) is 0 Å². The van der Waals surface area contributed by atoms with Crippen molar-refractivity contribution in [3.05, 3.63) is 22.4 Å². The summed E-state index contributed by atoms with van der Waals surface area (Å²) in [4.78, 5) is 35.4. The lowest BCUT2D eigenvalue weighted by molar-refractivity contribution is -0.138. The van der Waals surface area contributed by atoms with Crippen molar-refractivity contribution in [3.8, 4) is 0 Å². The Morgan fingerprint density at radius 2 is 2.10 bits per heavy atom. The van der Waals surface area contributed by atoms with E-state index in [0.717, 1.165) is 0 Å². The van der Waals surface area contributed by atoms with Crippen molar-refractivity contribution in [2.24, 2.45) is 0 Å². The summed E-state index contributed by atoms with van der Waals surface area (Å²) in [5.74, 6) is -1.28. The van der Waals surface area contributed by atoms with Crippen LogP contribution in [0.1, 0.15) is 30.1 Å². The van der Waals surface area contributed by atoms with Gasteiger partial charge in [0.2, 0.25) is 5.91 Å². The zero-order chi connectivity index (χ0) is 15.0.